The second kappa shape index (κ2) is 13.6. The fourth-order valence-corrected chi connectivity index (χ4v) is 5.30. The molecule has 5 heteroatoms. The number of hydrogen-bond acceptors (Lipinski definition) is 2. The molecule has 1 aliphatic rings. The number of carbonyl (C=O) groups excluding carboxylic acids is 2. The van der Waals surface area contributed by atoms with Gasteiger partial charge in [-0.1, -0.05) is 105 Å². The van der Waals surface area contributed by atoms with E-state index in [9.17, 15) is 9.59 Å². The van der Waals surface area contributed by atoms with Crippen LogP contribution in [0.25, 0.3) is 0 Å². The van der Waals surface area contributed by atoms with Gasteiger partial charge in [-0.15, -0.1) is 0 Å². The SMILES string of the molecule is CC(C)c1ccc(CCC(=O)N(Cc2ccc(Cl)cc2)[C@H](Cc2ccccc2)C(=O)NC2CCCC2)cc1. The molecule has 0 radical (unpaired) electrons. The van der Waals surface area contributed by atoms with Crippen LogP contribution in [0, 0.1) is 0 Å². The molecule has 4 rings (SSSR count). The van der Waals surface area contributed by atoms with Gasteiger partial charge in [0, 0.05) is 30.5 Å². The first-order valence-corrected chi connectivity index (χ1v) is 14.2. The number of amides is 2. The highest BCUT2D eigenvalue weighted by atomic mass is 35.5. The summed E-state index contributed by atoms with van der Waals surface area (Å²) in [4.78, 5) is 29.4. The van der Waals surface area contributed by atoms with Gasteiger partial charge in [0.15, 0.2) is 0 Å². The monoisotopic (exact) mass is 530 g/mol. The summed E-state index contributed by atoms with van der Waals surface area (Å²) in [6.07, 6.45) is 5.73. The molecule has 0 spiro atoms. The summed E-state index contributed by atoms with van der Waals surface area (Å²) in [6.45, 7) is 4.71. The summed E-state index contributed by atoms with van der Waals surface area (Å²) >= 11 is 6.13. The number of aryl methyl sites for hydroxylation is 1. The maximum atomic E-state index is 13.9. The molecule has 1 N–H and O–H groups in total. The van der Waals surface area contributed by atoms with Crippen molar-refractivity contribution in [2.24, 2.45) is 0 Å². The van der Waals surface area contributed by atoms with Gasteiger partial charge in [-0.3, -0.25) is 9.59 Å². The molecule has 200 valence electrons. The Hall–Kier alpha value is -3.11. The van der Waals surface area contributed by atoms with Gasteiger partial charge in [0.2, 0.25) is 11.8 Å². The molecule has 0 saturated heterocycles. The number of benzene rings is 3. The Balaban J connectivity index is 1.58. The Morgan fingerprint density at radius 3 is 2.13 bits per heavy atom. The fraction of sp³-hybridized carbons (Fsp3) is 0.394. The molecule has 1 aliphatic carbocycles. The van der Waals surface area contributed by atoms with Gasteiger partial charge in [0.05, 0.1) is 0 Å². The van der Waals surface area contributed by atoms with E-state index in [4.69, 9.17) is 11.6 Å². The maximum Gasteiger partial charge on any atom is 0.243 e. The predicted octanol–water partition coefficient (Wildman–Crippen LogP) is 7.09. The Morgan fingerprint density at radius 2 is 1.50 bits per heavy atom. The average Bonchev–Trinajstić information content (AvgIpc) is 3.44. The molecule has 1 saturated carbocycles. The van der Waals surface area contributed by atoms with Crippen molar-refractivity contribution >= 4 is 23.4 Å². The largest absolute Gasteiger partial charge is 0.352 e. The molecule has 0 aromatic heterocycles. The summed E-state index contributed by atoms with van der Waals surface area (Å²) in [5.41, 5.74) is 4.41. The topological polar surface area (TPSA) is 49.4 Å². The molecule has 3 aromatic carbocycles. The molecule has 3 aromatic rings. The first kappa shape index (κ1) is 27.9. The van der Waals surface area contributed by atoms with Crippen molar-refractivity contribution < 1.29 is 9.59 Å². The number of nitrogens with one attached hydrogen (secondary N) is 1. The van der Waals surface area contributed by atoms with Crippen molar-refractivity contribution in [2.75, 3.05) is 0 Å². The number of hydrogen-bond donors (Lipinski definition) is 1. The van der Waals surface area contributed by atoms with Crippen molar-refractivity contribution in [1.29, 1.82) is 0 Å². The van der Waals surface area contributed by atoms with Crippen molar-refractivity contribution in [1.82, 2.24) is 10.2 Å². The third-order valence-corrected chi connectivity index (χ3v) is 7.76. The highest BCUT2D eigenvalue weighted by Crippen LogP contribution is 2.22. The van der Waals surface area contributed by atoms with Crippen LogP contribution >= 0.6 is 11.6 Å². The summed E-state index contributed by atoms with van der Waals surface area (Å²) in [5, 5.41) is 3.92. The second-order valence-electron chi connectivity index (χ2n) is 10.7. The molecular formula is C33H39ClN2O2. The minimum Gasteiger partial charge on any atom is -0.352 e. The standard InChI is InChI=1S/C33H39ClN2O2/c1-24(2)28-17-12-25(13-18-28)16-21-32(37)36(23-27-14-19-29(34)20-15-27)31(22-26-8-4-3-5-9-26)33(38)35-30-10-6-7-11-30/h3-5,8-9,12-15,17-20,24,30-31H,6-7,10-11,16,21-23H2,1-2H3,(H,35,38)/t31-/m1/s1. The summed E-state index contributed by atoms with van der Waals surface area (Å²) in [6, 6.07) is 25.6. The van der Waals surface area contributed by atoms with Crippen LogP contribution in [-0.2, 0) is 29.0 Å². The molecule has 0 unspecified atom stereocenters. The Kier molecular flexibility index (Phi) is 10.0. The number of carbonyl (C=O) groups is 2. The Labute approximate surface area is 232 Å². The lowest BCUT2D eigenvalue weighted by Gasteiger charge is -2.32. The lowest BCUT2D eigenvalue weighted by atomic mass is 9.99. The summed E-state index contributed by atoms with van der Waals surface area (Å²) in [7, 11) is 0. The van der Waals surface area contributed by atoms with E-state index >= 15 is 0 Å². The lowest BCUT2D eigenvalue weighted by Crippen LogP contribution is -2.52. The van der Waals surface area contributed by atoms with Gasteiger partial charge in [-0.25, -0.2) is 0 Å². The number of rotatable bonds is 11. The highest BCUT2D eigenvalue weighted by Gasteiger charge is 2.32. The molecule has 38 heavy (non-hydrogen) atoms. The van der Waals surface area contributed by atoms with E-state index in [-0.39, 0.29) is 17.9 Å². The predicted molar refractivity (Wildman–Crippen MR) is 155 cm³/mol. The van der Waals surface area contributed by atoms with Gasteiger partial charge in [-0.2, -0.15) is 0 Å². The van der Waals surface area contributed by atoms with Crippen molar-refractivity contribution in [2.45, 2.75) is 83.3 Å². The normalized spacial score (nSPS) is 14.4. The van der Waals surface area contributed by atoms with Crippen LogP contribution in [0.3, 0.4) is 0 Å². The van der Waals surface area contributed by atoms with Crippen LogP contribution in [0.2, 0.25) is 5.02 Å². The van der Waals surface area contributed by atoms with Crippen LogP contribution in [0.15, 0.2) is 78.9 Å². The van der Waals surface area contributed by atoms with Crippen LogP contribution in [-0.4, -0.2) is 28.8 Å². The van der Waals surface area contributed by atoms with E-state index in [1.807, 2.05) is 54.6 Å². The van der Waals surface area contributed by atoms with Crippen molar-refractivity contribution in [3.05, 3.63) is 106 Å². The van der Waals surface area contributed by atoms with Gasteiger partial charge in [0.25, 0.3) is 0 Å². The molecule has 2 amide bonds. The lowest BCUT2D eigenvalue weighted by molar-refractivity contribution is -0.141. The fourth-order valence-electron chi connectivity index (χ4n) is 5.17. The van der Waals surface area contributed by atoms with E-state index in [0.29, 0.717) is 36.7 Å². The van der Waals surface area contributed by atoms with Crippen LogP contribution in [0.5, 0.6) is 0 Å². The minimum atomic E-state index is -0.593. The molecule has 0 aliphatic heterocycles. The second-order valence-corrected chi connectivity index (χ2v) is 11.2. The first-order valence-electron chi connectivity index (χ1n) is 13.9. The molecule has 0 heterocycles. The van der Waals surface area contributed by atoms with Gasteiger partial charge in [-0.05, 0) is 59.6 Å². The van der Waals surface area contributed by atoms with Crippen LogP contribution in [0.1, 0.15) is 74.1 Å². The molecule has 0 bridgehead atoms. The van der Waals surface area contributed by atoms with E-state index in [1.54, 1.807) is 4.90 Å². The Morgan fingerprint density at radius 1 is 0.868 bits per heavy atom. The van der Waals surface area contributed by atoms with Gasteiger partial charge in [0.1, 0.15) is 6.04 Å². The third kappa shape index (κ3) is 7.94. The van der Waals surface area contributed by atoms with Crippen LogP contribution in [0.4, 0.5) is 0 Å². The zero-order chi connectivity index (χ0) is 26.9. The summed E-state index contributed by atoms with van der Waals surface area (Å²) in [5.74, 6) is 0.386. The molecular weight excluding hydrogens is 492 g/mol. The molecule has 1 fully saturated rings. The average molecular weight is 531 g/mol. The minimum absolute atomic E-state index is 0.0182. The van der Waals surface area contributed by atoms with Crippen molar-refractivity contribution in [3.8, 4) is 0 Å². The van der Waals surface area contributed by atoms with Crippen LogP contribution < -0.4 is 5.32 Å². The zero-order valence-corrected chi connectivity index (χ0v) is 23.3. The first-order chi connectivity index (χ1) is 18.4. The Bertz CT molecular complexity index is 1170. The molecule has 4 nitrogen and oxygen atoms in total. The highest BCUT2D eigenvalue weighted by molar-refractivity contribution is 6.30. The van der Waals surface area contributed by atoms with E-state index < -0.39 is 6.04 Å². The number of halogens is 1. The van der Waals surface area contributed by atoms with E-state index in [0.717, 1.165) is 42.4 Å². The quantitative estimate of drug-likeness (QED) is 0.287. The van der Waals surface area contributed by atoms with Gasteiger partial charge < -0.3 is 10.2 Å². The number of nitrogens with zero attached hydrogens (tertiary/aromatic N) is 1. The van der Waals surface area contributed by atoms with E-state index in [2.05, 4.69) is 43.4 Å². The molecule has 1 atom stereocenters. The summed E-state index contributed by atoms with van der Waals surface area (Å²) < 4.78 is 0. The van der Waals surface area contributed by atoms with Crippen molar-refractivity contribution in [3.63, 3.8) is 0 Å². The third-order valence-electron chi connectivity index (χ3n) is 7.51. The van der Waals surface area contributed by atoms with E-state index in [1.165, 1.54) is 5.56 Å². The maximum absolute atomic E-state index is 13.9. The zero-order valence-electron chi connectivity index (χ0n) is 22.5. The smallest absolute Gasteiger partial charge is 0.243 e. The van der Waals surface area contributed by atoms with Gasteiger partial charge >= 0.3 is 0 Å².